The summed E-state index contributed by atoms with van der Waals surface area (Å²) in [6.45, 7) is 2.87. The van der Waals surface area contributed by atoms with Gasteiger partial charge < -0.3 is 19.5 Å². The number of hydrogen-bond donors (Lipinski definition) is 2. The molecule has 0 spiro atoms. The minimum absolute atomic E-state index is 0.235. The van der Waals surface area contributed by atoms with Gasteiger partial charge in [-0.25, -0.2) is 0 Å². The van der Waals surface area contributed by atoms with E-state index >= 15 is 0 Å². The van der Waals surface area contributed by atoms with Crippen molar-refractivity contribution in [2.45, 2.75) is 57.1 Å². The molecule has 7 heteroatoms. The molecule has 5 unspecified atom stereocenters. The molecule has 1 amide bonds. The number of benzene rings is 3. The van der Waals surface area contributed by atoms with Crippen LogP contribution in [-0.4, -0.2) is 42.8 Å². The van der Waals surface area contributed by atoms with Gasteiger partial charge in [-0.2, -0.15) is 5.26 Å². The molecule has 0 aromatic heterocycles. The zero-order chi connectivity index (χ0) is 25.9. The summed E-state index contributed by atoms with van der Waals surface area (Å²) in [4.78, 5) is 12.1. The van der Waals surface area contributed by atoms with Crippen LogP contribution < -0.4 is 10.6 Å². The normalized spacial score (nSPS) is 23.2. The topological polar surface area (TPSA) is 92.6 Å². The number of amides is 1. The van der Waals surface area contributed by atoms with Gasteiger partial charge in [0.15, 0.2) is 0 Å². The zero-order valence-electron chi connectivity index (χ0n) is 21.0. The molecule has 7 nitrogen and oxygen atoms in total. The van der Waals surface area contributed by atoms with Gasteiger partial charge in [0.1, 0.15) is 18.2 Å². The van der Waals surface area contributed by atoms with E-state index in [2.05, 4.69) is 16.7 Å². The monoisotopic (exact) mass is 499 g/mol. The minimum Gasteiger partial charge on any atom is -0.375 e. The molecule has 4 rings (SSSR count). The van der Waals surface area contributed by atoms with Gasteiger partial charge in [0, 0.05) is 6.92 Å². The Morgan fingerprint density at radius 1 is 0.811 bits per heavy atom. The fourth-order valence-electron chi connectivity index (χ4n) is 4.53. The maximum absolute atomic E-state index is 12.1. The average Bonchev–Trinajstić information content (AvgIpc) is 2.93. The maximum atomic E-state index is 12.1. The van der Waals surface area contributed by atoms with E-state index in [1.54, 1.807) is 0 Å². The van der Waals surface area contributed by atoms with E-state index in [9.17, 15) is 10.1 Å². The maximum Gasteiger partial charge on any atom is 0.217 e. The second-order valence-corrected chi connectivity index (χ2v) is 9.13. The van der Waals surface area contributed by atoms with Crippen molar-refractivity contribution >= 4 is 5.91 Å². The second kappa shape index (κ2) is 13.7. The Labute approximate surface area is 218 Å². The van der Waals surface area contributed by atoms with E-state index in [1.165, 1.54) is 6.92 Å². The number of carbonyl (C=O) groups is 1. The number of ether oxygens (including phenoxy) is 3. The zero-order valence-corrected chi connectivity index (χ0v) is 21.0. The Balaban J connectivity index is 1.57. The van der Waals surface area contributed by atoms with Crippen LogP contribution in [0.5, 0.6) is 0 Å². The molecule has 0 aliphatic carbocycles. The summed E-state index contributed by atoms with van der Waals surface area (Å²) in [7, 11) is 0. The third-order valence-corrected chi connectivity index (χ3v) is 6.32. The minimum atomic E-state index is -0.674. The Hall–Kier alpha value is -3.54. The van der Waals surface area contributed by atoms with Crippen molar-refractivity contribution in [1.82, 2.24) is 10.6 Å². The molecule has 1 heterocycles. The quantitative estimate of drug-likeness (QED) is 0.418. The molecular formula is C30H33N3O4. The molecular weight excluding hydrogens is 466 g/mol. The number of nitrogens with one attached hydrogen (secondary N) is 2. The lowest BCUT2D eigenvalue weighted by atomic mass is 9.88. The van der Waals surface area contributed by atoms with Gasteiger partial charge in [-0.05, 0) is 16.7 Å². The Kier molecular flexibility index (Phi) is 9.81. The van der Waals surface area contributed by atoms with Gasteiger partial charge in [-0.3, -0.25) is 10.1 Å². The molecule has 0 bridgehead atoms. The Morgan fingerprint density at radius 3 is 1.78 bits per heavy atom. The molecule has 2 N–H and O–H groups in total. The van der Waals surface area contributed by atoms with Crippen molar-refractivity contribution in [1.29, 1.82) is 5.26 Å². The van der Waals surface area contributed by atoms with Gasteiger partial charge in [0.25, 0.3) is 0 Å². The summed E-state index contributed by atoms with van der Waals surface area (Å²) < 4.78 is 19.0. The fraction of sp³-hybridized carbons (Fsp3) is 0.333. The van der Waals surface area contributed by atoms with E-state index in [-0.39, 0.29) is 11.9 Å². The van der Waals surface area contributed by atoms with Crippen LogP contribution in [0.2, 0.25) is 0 Å². The fourth-order valence-corrected chi connectivity index (χ4v) is 4.53. The van der Waals surface area contributed by atoms with Crippen LogP contribution in [0, 0.1) is 11.3 Å². The van der Waals surface area contributed by atoms with E-state index < -0.39 is 24.3 Å². The number of nitrogens with zero attached hydrogens (tertiary/aromatic N) is 1. The van der Waals surface area contributed by atoms with Crippen molar-refractivity contribution in [3.63, 3.8) is 0 Å². The Morgan fingerprint density at radius 2 is 1.30 bits per heavy atom. The van der Waals surface area contributed by atoms with Gasteiger partial charge in [-0.15, -0.1) is 0 Å². The summed E-state index contributed by atoms with van der Waals surface area (Å²) in [6.07, 6.45) is -1.06. The van der Waals surface area contributed by atoms with E-state index in [0.717, 1.165) is 16.7 Å². The molecule has 3 aromatic carbocycles. The van der Waals surface area contributed by atoms with Gasteiger partial charge in [0.2, 0.25) is 5.91 Å². The largest absolute Gasteiger partial charge is 0.375 e. The van der Waals surface area contributed by atoms with Crippen molar-refractivity contribution < 1.29 is 19.0 Å². The lowest BCUT2D eigenvalue weighted by molar-refractivity contribution is -0.146. The van der Waals surface area contributed by atoms with Crippen molar-refractivity contribution in [3.8, 4) is 6.07 Å². The van der Waals surface area contributed by atoms with Crippen LogP contribution in [0.25, 0.3) is 0 Å². The van der Waals surface area contributed by atoms with Crippen molar-refractivity contribution in [2.24, 2.45) is 0 Å². The first-order valence-corrected chi connectivity index (χ1v) is 12.5. The third-order valence-electron chi connectivity index (χ3n) is 6.32. The molecule has 0 radical (unpaired) electrons. The van der Waals surface area contributed by atoms with Crippen LogP contribution in [0.15, 0.2) is 91.0 Å². The van der Waals surface area contributed by atoms with Crippen molar-refractivity contribution in [2.75, 3.05) is 6.61 Å². The average molecular weight is 500 g/mol. The number of hydrogen-bond acceptors (Lipinski definition) is 6. The summed E-state index contributed by atoms with van der Waals surface area (Å²) >= 11 is 0. The SMILES string of the molecule is CC(=O)NC1C(C#N)NC(COCc2ccccc2)C(OCc2ccccc2)C1OCc1ccccc1. The molecule has 1 aliphatic rings. The van der Waals surface area contributed by atoms with Crippen LogP contribution in [0.1, 0.15) is 23.6 Å². The van der Waals surface area contributed by atoms with E-state index in [1.807, 2.05) is 91.0 Å². The molecule has 5 atom stereocenters. The standard InChI is InChI=1S/C30H33N3O4/c1-22(34)32-28-26(17-31)33-27(21-35-18-23-11-5-2-6-12-23)29(36-19-24-13-7-3-8-14-24)30(28)37-20-25-15-9-4-10-16-25/h2-16,26-30,33H,18-21H2,1H3,(H,32,34). The Bertz CT molecular complexity index is 1140. The summed E-state index contributed by atoms with van der Waals surface area (Å²) in [6, 6.07) is 30.3. The summed E-state index contributed by atoms with van der Waals surface area (Å²) in [5.74, 6) is -0.235. The predicted octanol–water partition coefficient (Wildman–Crippen LogP) is 3.74. The molecule has 192 valence electrons. The smallest absolute Gasteiger partial charge is 0.217 e. The van der Waals surface area contributed by atoms with Gasteiger partial charge in [-0.1, -0.05) is 91.0 Å². The summed E-state index contributed by atoms with van der Waals surface area (Å²) in [5, 5.41) is 16.3. The van der Waals surface area contributed by atoms with Crippen LogP contribution >= 0.6 is 0 Å². The van der Waals surface area contributed by atoms with E-state index in [0.29, 0.717) is 26.4 Å². The second-order valence-electron chi connectivity index (χ2n) is 9.13. The highest BCUT2D eigenvalue weighted by Gasteiger charge is 2.47. The highest BCUT2D eigenvalue weighted by molar-refractivity contribution is 5.73. The highest BCUT2D eigenvalue weighted by Crippen LogP contribution is 2.25. The molecule has 1 aliphatic heterocycles. The third kappa shape index (κ3) is 7.72. The summed E-state index contributed by atoms with van der Waals surface area (Å²) in [5.41, 5.74) is 3.08. The van der Waals surface area contributed by atoms with E-state index in [4.69, 9.17) is 14.2 Å². The van der Waals surface area contributed by atoms with Crippen LogP contribution in [0.3, 0.4) is 0 Å². The first-order chi connectivity index (χ1) is 18.1. The lowest BCUT2D eigenvalue weighted by Crippen LogP contribution is -2.70. The van der Waals surface area contributed by atoms with Gasteiger partial charge >= 0.3 is 0 Å². The van der Waals surface area contributed by atoms with Crippen LogP contribution in [-0.2, 0) is 38.8 Å². The number of piperidine rings is 1. The van der Waals surface area contributed by atoms with Crippen molar-refractivity contribution in [3.05, 3.63) is 108 Å². The molecule has 1 saturated heterocycles. The molecule has 1 fully saturated rings. The highest BCUT2D eigenvalue weighted by atomic mass is 16.5. The number of rotatable bonds is 11. The molecule has 37 heavy (non-hydrogen) atoms. The lowest BCUT2D eigenvalue weighted by Gasteiger charge is -2.45. The number of nitriles is 1. The molecule has 3 aromatic rings. The first kappa shape index (κ1) is 26.5. The molecule has 0 saturated carbocycles. The predicted molar refractivity (Wildman–Crippen MR) is 140 cm³/mol. The number of carbonyl (C=O) groups excluding carboxylic acids is 1. The first-order valence-electron chi connectivity index (χ1n) is 12.5. The van der Waals surface area contributed by atoms with Gasteiger partial charge in [0.05, 0.1) is 44.6 Å². The van der Waals surface area contributed by atoms with Crippen LogP contribution in [0.4, 0.5) is 0 Å².